The molecular weight excluding hydrogens is 224 g/mol. The molecule has 96 valence electrons. The van der Waals surface area contributed by atoms with Gasteiger partial charge in [0.15, 0.2) is 0 Å². The van der Waals surface area contributed by atoms with Gasteiger partial charge in [0.2, 0.25) is 0 Å². The number of nitrogens with zero attached hydrogens (tertiary/aromatic N) is 3. The van der Waals surface area contributed by atoms with Gasteiger partial charge in [-0.15, -0.1) is 0 Å². The van der Waals surface area contributed by atoms with Gasteiger partial charge in [0.05, 0.1) is 11.9 Å². The van der Waals surface area contributed by atoms with Crippen LogP contribution in [0.15, 0.2) is 30.7 Å². The topological polar surface area (TPSA) is 42.7 Å². The fraction of sp³-hybridized carbons (Fsp3) is 0.429. The van der Waals surface area contributed by atoms with Crippen LogP contribution in [0.4, 0.5) is 0 Å². The highest BCUT2D eigenvalue weighted by Crippen LogP contribution is 2.14. The number of hydrogen-bond acceptors (Lipinski definition) is 3. The van der Waals surface area contributed by atoms with Gasteiger partial charge in [-0.05, 0) is 31.5 Å². The van der Waals surface area contributed by atoms with Crippen LogP contribution in [0, 0.1) is 0 Å². The minimum Gasteiger partial charge on any atom is -0.313 e. The Labute approximate surface area is 108 Å². The van der Waals surface area contributed by atoms with E-state index in [9.17, 15) is 0 Å². The summed E-state index contributed by atoms with van der Waals surface area (Å²) in [6, 6.07) is 3.96. The Bertz CT molecular complexity index is 476. The largest absolute Gasteiger partial charge is 0.313 e. The molecule has 4 heteroatoms. The fourth-order valence-electron chi connectivity index (χ4n) is 2.04. The summed E-state index contributed by atoms with van der Waals surface area (Å²) in [5.41, 5.74) is 3.62. The van der Waals surface area contributed by atoms with Crippen LogP contribution in [-0.2, 0) is 13.0 Å². The molecule has 2 rings (SSSR count). The second-order valence-electron chi connectivity index (χ2n) is 4.26. The minimum absolute atomic E-state index is 0.891. The van der Waals surface area contributed by atoms with Gasteiger partial charge >= 0.3 is 0 Å². The molecule has 0 bridgehead atoms. The molecule has 0 aliphatic carbocycles. The first kappa shape index (κ1) is 12.8. The second kappa shape index (κ2) is 6.31. The van der Waals surface area contributed by atoms with Crippen molar-refractivity contribution in [1.29, 1.82) is 0 Å². The van der Waals surface area contributed by atoms with Crippen molar-refractivity contribution in [1.82, 2.24) is 20.1 Å². The van der Waals surface area contributed by atoms with Crippen LogP contribution in [0.2, 0.25) is 0 Å². The normalized spacial score (nSPS) is 10.8. The van der Waals surface area contributed by atoms with Gasteiger partial charge in [0, 0.05) is 30.2 Å². The lowest BCUT2D eigenvalue weighted by Gasteiger charge is -2.08. The van der Waals surface area contributed by atoms with E-state index in [1.54, 1.807) is 12.4 Å². The van der Waals surface area contributed by atoms with Crippen molar-refractivity contribution < 1.29 is 0 Å². The quantitative estimate of drug-likeness (QED) is 0.793. The van der Waals surface area contributed by atoms with Crippen molar-refractivity contribution >= 4 is 0 Å². The molecular formula is C14H20N4. The summed E-state index contributed by atoms with van der Waals surface area (Å²) >= 11 is 0. The van der Waals surface area contributed by atoms with Gasteiger partial charge in [-0.2, -0.15) is 5.10 Å². The third-order valence-electron chi connectivity index (χ3n) is 2.94. The Morgan fingerprint density at radius 1 is 1.22 bits per heavy atom. The molecule has 4 nitrogen and oxygen atoms in total. The Kier molecular flexibility index (Phi) is 4.47. The summed E-state index contributed by atoms with van der Waals surface area (Å²) in [7, 11) is 0. The van der Waals surface area contributed by atoms with Crippen molar-refractivity contribution in [3.05, 3.63) is 42.0 Å². The van der Waals surface area contributed by atoms with Gasteiger partial charge < -0.3 is 5.32 Å². The van der Waals surface area contributed by atoms with E-state index in [0.29, 0.717) is 0 Å². The van der Waals surface area contributed by atoms with Gasteiger partial charge in [-0.3, -0.25) is 4.98 Å². The summed E-state index contributed by atoms with van der Waals surface area (Å²) < 4.78 is 2.00. The second-order valence-corrected chi connectivity index (χ2v) is 4.26. The number of aromatic nitrogens is 3. The Hall–Kier alpha value is -1.68. The number of rotatable bonds is 6. The molecule has 0 unspecified atom stereocenters. The van der Waals surface area contributed by atoms with E-state index in [0.717, 1.165) is 31.6 Å². The fourth-order valence-corrected chi connectivity index (χ4v) is 2.04. The summed E-state index contributed by atoms with van der Waals surface area (Å²) in [5, 5.41) is 7.91. The summed E-state index contributed by atoms with van der Waals surface area (Å²) in [6.07, 6.45) is 7.68. The van der Waals surface area contributed by atoms with Crippen LogP contribution in [0.5, 0.6) is 0 Å². The highest BCUT2D eigenvalue weighted by Gasteiger charge is 2.09. The molecule has 0 spiro atoms. The molecule has 0 aliphatic rings. The minimum atomic E-state index is 0.891. The SMILES string of the molecule is CCCNCc1cnn(-c2ccncc2)c1CC. The van der Waals surface area contributed by atoms with E-state index in [-0.39, 0.29) is 0 Å². The molecule has 0 aromatic carbocycles. The first-order valence-electron chi connectivity index (χ1n) is 6.53. The van der Waals surface area contributed by atoms with Crippen LogP contribution in [-0.4, -0.2) is 21.3 Å². The number of pyridine rings is 1. The van der Waals surface area contributed by atoms with E-state index in [1.165, 1.54) is 11.3 Å². The predicted octanol–water partition coefficient (Wildman–Crippen LogP) is 2.33. The summed E-state index contributed by atoms with van der Waals surface area (Å²) in [4.78, 5) is 4.04. The third-order valence-corrected chi connectivity index (χ3v) is 2.94. The van der Waals surface area contributed by atoms with Gasteiger partial charge in [0.1, 0.15) is 0 Å². The Morgan fingerprint density at radius 3 is 2.67 bits per heavy atom. The van der Waals surface area contributed by atoms with Crippen molar-refractivity contribution in [2.45, 2.75) is 33.2 Å². The first-order chi connectivity index (χ1) is 8.86. The zero-order valence-corrected chi connectivity index (χ0v) is 11.1. The standard InChI is InChI=1S/C14H20N4/c1-3-7-16-10-12-11-17-18(14(12)4-2)13-5-8-15-9-6-13/h5-6,8-9,11,16H,3-4,7,10H2,1-2H3. The van der Waals surface area contributed by atoms with Crippen molar-refractivity contribution in [2.24, 2.45) is 0 Å². The molecule has 2 heterocycles. The van der Waals surface area contributed by atoms with Crippen LogP contribution < -0.4 is 5.32 Å². The number of nitrogens with one attached hydrogen (secondary N) is 1. The van der Waals surface area contributed by atoms with Crippen LogP contribution in [0.25, 0.3) is 5.69 Å². The predicted molar refractivity (Wildman–Crippen MR) is 72.7 cm³/mol. The highest BCUT2D eigenvalue weighted by atomic mass is 15.3. The lowest BCUT2D eigenvalue weighted by Crippen LogP contribution is -2.15. The van der Waals surface area contributed by atoms with Crippen molar-refractivity contribution in [3.8, 4) is 5.69 Å². The number of hydrogen-bond donors (Lipinski definition) is 1. The molecule has 2 aromatic rings. The maximum Gasteiger partial charge on any atom is 0.0679 e. The lowest BCUT2D eigenvalue weighted by molar-refractivity contribution is 0.669. The zero-order chi connectivity index (χ0) is 12.8. The molecule has 18 heavy (non-hydrogen) atoms. The maximum atomic E-state index is 4.48. The summed E-state index contributed by atoms with van der Waals surface area (Å²) in [6.45, 7) is 6.28. The van der Waals surface area contributed by atoms with E-state index >= 15 is 0 Å². The molecule has 0 radical (unpaired) electrons. The average molecular weight is 244 g/mol. The third kappa shape index (κ3) is 2.76. The molecule has 0 atom stereocenters. The summed E-state index contributed by atoms with van der Waals surface area (Å²) in [5.74, 6) is 0. The molecule has 0 fully saturated rings. The van der Waals surface area contributed by atoms with Crippen LogP contribution >= 0.6 is 0 Å². The maximum absolute atomic E-state index is 4.48. The smallest absolute Gasteiger partial charge is 0.0679 e. The first-order valence-corrected chi connectivity index (χ1v) is 6.53. The van der Waals surface area contributed by atoms with E-state index in [1.807, 2.05) is 23.0 Å². The van der Waals surface area contributed by atoms with Crippen LogP contribution in [0.1, 0.15) is 31.5 Å². The van der Waals surface area contributed by atoms with Gasteiger partial charge in [0.25, 0.3) is 0 Å². The monoisotopic (exact) mass is 244 g/mol. The van der Waals surface area contributed by atoms with Gasteiger partial charge in [-0.1, -0.05) is 13.8 Å². The van der Waals surface area contributed by atoms with Crippen molar-refractivity contribution in [2.75, 3.05) is 6.54 Å². The zero-order valence-electron chi connectivity index (χ0n) is 11.1. The molecule has 1 N–H and O–H groups in total. The molecule has 0 aliphatic heterocycles. The Morgan fingerprint density at radius 2 is 2.00 bits per heavy atom. The van der Waals surface area contributed by atoms with E-state index < -0.39 is 0 Å². The van der Waals surface area contributed by atoms with Crippen molar-refractivity contribution in [3.63, 3.8) is 0 Å². The molecule has 0 saturated heterocycles. The van der Waals surface area contributed by atoms with Crippen LogP contribution in [0.3, 0.4) is 0 Å². The Balaban J connectivity index is 2.22. The lowest BCUT2D eigenvalue weighted by atomic mass is 10.2. The molecule has 2 aromatic heterocycles. The van der Waals surface area contributed by atoms with E-state index in [2.05, 4.69) is 29.2 Å². The van der Waals surface area contributed by atoms with E-state index in [4.69, 9.17) is 0 Å². The van der Waals surface area contributed by atoms with Gasteiger partial charge in [-0.25, -0.2) is 4.68 Å². The molecule has 0 saturated carbocycles. The highest BCUT2D eigenvalue weighted by molar-refractivity contribution is 5.33. The average Bonchev–Trinajstić information content (AvgIpc) is 2.83. The molecule has 0 amide bonds.